The minimum Gasteiger partial charge on any atom is -0.497 e. The number of alkyl halides is 1. The van der Waals surface area contributed by atoms with Crippen LogP contribution in [0.15, 0.2) is 24.3 Å². The molecule has 4 atom stereocenters. The molecule has 3 unspecified atom stereocenters. The van der Waals surface area contributed by atoms with E-state index in [2.05, 4.69) is 16.0 Å². The molecule has 12 heteroatoms. The highest BCUT2D eigenvalue weighted by Gasteiger charge is 2.32. The smallest absolute Gasteiger partial charge is 0.315 e. The van der Waals surface area contributed by atoms with Crippen LogP contribution in [0.1, 0.15) is 12.0 Å². The number of halogens is 1. The number of hydrogen-bond acceptors (Lipinski definition) is 9. The molecule has 0 bridgehead atoms. The van der Waals surface area contributed by atoms with Gasteiger partial charge in [0, 0.05) is 31.5 Å². The minimum absolute atomic E-state index is 0.256. The predicted molar refractivity (Wildman–Crippen MR) is 133 cm³/mol. The molecule has 1 aliphatic rings. The van der Waals surface area contributed by atoms with Gasteiger partial charge in [-0.15, -0.1) is 23.4 Å². The number of carbonyl (C=O) groups excluding carboxylic acids is 1. The molecule has 0 aromatic heterocycles. The average molecular weight is 521 g/mol. The SMILES string of the molecule is COc1ccc(CNC(O)[C@@H](CCOCCOCCOCCN)SC2NC(=O)NCC2Cl)cc1. The first-order chi connectivity index (χ1) is 16.5. The van der Waals surface area contributed by atoms with Crippen molar-refractivity contribution in [3.05, 3.63) is 29.8 Å². The third-order valence-electron chi connectivity index (χ3n) is 4.96. The Morgan fingerprint density at radius 1 is 1.15 bits per heavy atom. The Balaban J connectivity index is 1.78. The summed E-state index contributed by atoms with van der Waals surface area (Å²) in [6, 6.07) is 7.36. The molecule has 194 valence electrons. The molecule has 1 aliphatic heterocycles. The molecule has 1 heterocycles. The zero-order chi connectivity index (χ0) is 24.6. The van der Waals surface area contributed by atoms with E-state index in [-0.39, 0.29) is 22.0 Å². The normalized spacial score (nSPS) is 19.8. The number of thioether (sulfide) groups is 1. The number of carbonyl (C=O) groups is 1. The number of amides is 2. The first-order valence-electron chi connectivity index (χ1n) is 11.3. The summed E-state index contributed by atoms with van der Waals surface area (Å²) in [4.78, 5) is 11.7. The number of hydrogen-bond donors (Lipinski definition) is 5. The van der Waals surface area contributed by atoms with Gasteiger partial charge >= 0.3 is 6.03 Å². The second-order valence-corrected chi connectivity index (χ2v) is 9.50. The highest BCUT2D eigenvalue weighted by Crippen LogP contribution is 2.27. The molecular formula is C22H37ClN4O6S. The van der Waals surface area contributed by atoms with Gasteiger partial charge in [0.2, 0.25) is 0 Å². The van der Waals surface area contributed by atoms with Crippen molar-refractivity contribution in [1.82, 2.24) is 16.0 Å². The Kier molecular flexibility index (Phi) is 14.6. The lowest BCUT2D eigenvalue weighted by Gasteiger charge is -2.33. The van der Waals surface area contributed by atoms with Gasteiger partial charge in [-0.1, -0.05) is 12.1 Å². The van der Waals surface area contributed by atoms with E-state index in [9.17, 15) is 9.90 Å². The third kappa shape index (κ3) is 11.4. The number of nitrogens with two attached hydrogens (primary N) is 1. The highest BCUT2D eigenvalue weighted by atomic mass is 35.5. The summed E-state index contributed by atoms with van der Waals surface area (Å²) in [5.74, 6) is 0.775. The maximum absolute atomic E-state index is 11.7. The van der Waals surface area contributed by atoms with Crippen LogP contribution >= 0.6 is 23.4 Å². The van der Waals surface area contributed by atoms with Crippen LogP contribution in [0.4, 0.5) is 4.79 Å². The van der Waals surface area contributed by atoms with Crippen molar-refractivity contribution >= 4 is 29.4 Å². The van der Waals surface area contributed by atoms with Crippen molar-refractivity contribution < 1.29 is 28.8 Å². The number of aliphatic hydroxyl groups is 1. The Hall–Kier alpha value is -1.31. The van der Waals surface area contributed by atoms with E-state index in [1.54, 1.807) is 7.11 Å². The van der Waals surface area contributed by atoms with Crippen LogP contribution in [0, 0.1) is 0 Å². The van der Waals surface area contributed by atoms with Crippen molar-refractivity contribution in [2.45, 2.75) is 35.2 Å². The standard InChI is InChI=1S/C22H37ClN4O6S/c1-30-17-4-2-16(3-5-17)14-25-20(28)19(34-21-18(23)15-26-22(29)27-21)6-8-31-10-12-33-13-11-32-9-7-24/h2-5,18-21,25,28H,6-15,24H2,1H3,(H2,26,27,29)/t18?,19-,20?,21?/m1/s1. The van der Waals surface area contributed by atoms with Gasteiger partial charge in [-0.25, -0.2) is 4.79 Å². The molecular weight excluding hydrogens is 484 g/mol. The van der Waals surface area contributed by atoms with Gasteiger partial charge in [-0.3, -0.25) is 5.32 Å². The van der Waals surface area contributed by atoms with E-state index in [0.29, 0.717) is 65.7 Å². The van der Waals surface area contributed by atoms with E-state index in [1.165, 1.54) is 11.8 Å². The highest BCUT2D eigenvalue weighted by molar-refractivity contribution is 8.00. The number of rotatable bonds is 18. The molecule has 1 aromatic rings. The van der Waals surface area contributed by atoms with E-state index < -0.39 is 6.23 Å². The Morgan fingerprint density at radius 3 is 2.44 bits per heavy atom. The second kappa shape index (κ2) is 17.2. The lowest BCUT2D eigenvalue weighted by Crippen LogP contribution is -2.55. The molecule has 0 spiro atoms. The lowest BCUT2D eigenvalue weighted by atomic mass is 10.2. The molecule has 0 saturated carbocycles. The largest absolute Gasteiger partial charge is 0.497 e. The monoisotopic (exact) mass is 520 g/mol. The molecule has 2 rings (SSSR count). The van der Waals surface area contributed by atoms with E-state index in [0.717, 1.165) is 11.3 Å². The zero-order valence-electron chi connectivity index (χ0n) is 19.5. The van der Waals surface area contributed by atoms with Crippen LogP contribution in [0.25, 0.3) is 0 Å². The van der Waals surface area contributed by atoms with Crippen LogP contribution in [0.5, 0.6) is 5.75 Å². The first-order valence-corrected chi connectivity index (χ1v) is 12.7. The maximum Gasteiger partial charge on any atom is 0.315 e. The second-order valence-electron chi connectivity index (χ2n) is 7.55. The fraction of sp³-hybridized carbons (Fsp3) is 0.682. The summed E-state index contributed by atoms with van der Waals surface area (Å²) in [5, 5.41) is 18.6. The predicted octanol–water partition coefficient (Wildman–Crippen LogP) is 0.850. The topological polar surface area (TPSA) is 136 Å². The van der Waals surface area contributed by atoms with Crippen molar-refractivity contribution in [2.75, 3.05) is 59.8 Å². The third-order valence-corrected chi connectivity index (χ3v) is 7.10. The molecule has 1 saturated heterocycles. The summed E-state index contributed by atoms with van der Waals surface area (Å²) < 4.78 is 21.6. The Bertz CT molecular complexity index is 690. The summed E-state index contributed by atoms with van der Waals surface area (Å²) in [6.07, 6.45) is -0.271. The minimum atomic E-state index is -0.831. The van der Waals surface area contributed by atoms with Crippen molar-refractivity contribution in [1.29, 1.82) is 0 Å². The Labute approximate surface area is 210 Å². The molecule has 0 aliphatic carbocycles. The van der Waals surface area contributed by atoms with Crippen LogP contribution < -0.4 is 26.4 Å². The number of ether oxygens (including phenoxy) is 4. The van der Waals surface area contributed by atoms with E-state index in [4.69, 9.17) is 36.3 Å². The summed E-state index contributed by atoms with van der Waals surface area (Å²) in [5.41, 5.74) is 6.37. The molecule has 1 fully saturated rings. The van der Waals surface area contributed by atoms with Gasteiger partial charge in [-0.2, -0.15) is 0 Å². The van der Waals surface area contributed by atoms with Gasteiger partial charge in [0.05, 0.1) is 50.9 Å². The van der Waals surface area contributed by atoms with Gasteiger partial charge in [0.15, 0.2) is 0 Å². The van der Waals surface area contributed by atoms with Gasteiger partial charge in [0.1, 0.15) is 12.0 Å². The molecule has 1 aromatic carbocycles. The fourth-order valence-corrected chi connectivity index (χ4v) is 4.71. The maximum atomic E-state index is 11.7. The van der Waals surface area contributed by atoms with Gasteiger partial charge < -0.3 is 40.4 Å². The first kappa shape index (κ1) is 28.9. The van der Waals surface area contributed by atoms with E-state index in [1.807, 2.05) is 24.3 Å². The van der Waals surface area contributed by atoms with E-state index >= 15 is 0 Å². The number of benzene rings is 1. The zero-order valence-corrected chi connectivity index (χ0v) is 21.1. The summed E-state index contributed by atoms with van der Waals surface area (Å²) in [7, 11) is 1.62. The summed E-state index contributed by atoms with van der Waals surface area (Å²) in [6.45, 7) is 4.18. The van der Waals surface area contributed by atoms with Crippen molar-refractivity contribution in [3.63, 3.8) is 0 Å². The van der Waals surface area contributed by atoms with Crippen LogP contribution in [0.2, 0.25) is 0 Å². The molecule has 0 radical (unpaired) electrons. The van der Waals surface area contributed by atoms with Crippen molar-refractivity contribution in [3.8, 4) is 5.75 Å². The average Bonchev–Trinajstić information content (AvgIpc) is 2.85. The number of aliphatic hydroxyl groups excluding tert-OH is 1. The molecule has 34 heavy (non-hydrogen) atoms. The van der Waals surface area contributed by atoms with Crippen LogP contribution in [-0.4, -0.2) is 93.2 Å². The fourth-order valence-electron chi connectivity index (χ4n) is 3.10. The number of methoxy groups -OCH3 is 1. The van der Waals surface area contributed by atoms with Gasteiger partial charge in [-0.05, 0) is 24.1 Å². The lowest BCUT2D eigenvalue weighted by molar-refractivity contribution is 0.0134. The summed E-state index contributed by atoms with van der Waals surface area (Å²) >= 11 is 7.82. The van der Waals surface area contributed by atoms with Crippen LogP contribution in [-0.2, 0) is 20.8 Å². The quantitative estimate of drug-likeness (QED) is 0.108. The number of urea groups is 1. The van der Waals surface area contributed by atoms with Crippen LogP contribution in [0.3, 0.4) is 0 Å². The molecule has 10 nitrogen and oxygen atoms in total. The molecule has 6 N–H and O–H groups in total. The number of nitrogens with one attached hydrogen (secondary N) is 3. The Morgan fingerprint density at radius 2 is 1.79 bits per heavy atom. The van der Waals surface area contributed by atoms with Crippen molar-refractivity contribution in [2.24, 2.45) is 5.73 Å². The van der Waals surface area contributed by atoms with Gasteiger partial charge in [0.25, 0.3) is 0 Å². The molecule has 2 amide bonds.